The Hall–Kier alpha value is -3.08. The number of carbonyl (C=O) groups is 4. The Balaban J connectivity index is 0.000000328. The number of aliphatic hydroxyl groups excluding tert-OH is 5. The van der Waals surface area contributed by atoms with Crippen molar-refractivity contribution in [2.75, 3.05) is 13.2 Å². The van der Waals surface area contributed by atoms with Crippen molar-refractivity contribution >= 4 is 23.7 Å². The van der Waals surface area contributed by atoms with Gasteiger partial charge in [0.05, 0.1) is 35.9 Å². The largest absolute Gasteiger partial charge is 0.481 e. The first-order chi connectivity index (χ1) is 37.7. The first kappa shape index (κ1) is 71.2. The molecule has 12 heteroatoms. The van der Waals surface area contributed by atoms with Crippen LogP contribution in [0.2, 0.25) is 0 Å². The summed E-state index contributed by atoms with van der Waals surface area (Å²) in [5.41, 5.74) is 0.142. The lowest BCUT2D eigenvalue weighted by molar-refractivity contribution is -0.202. The van der Waals surface area contributed by atoms with Gasteiger partial charge < -0.3 is 40.1 Å². The van der Waals surface area contributed by atoms with E-state index in [-0.39, 0.29) is 76.9 Å². The van der Waals surface area contributed by atoms with E-state index < -0.39 is 47.7 Å². The number of unbranched alkanes of at least 4 members (excludes halogenated alkanes) is 18. The van der Waals surface area contributed by atoms with Gasteiger partial charge in [0.25, 0.3) is 0 Å². The Kier molecular flexibility index (Phi) is 30.3. The fourth-order valence-corrected chi connectivity index (χ4v) is 15.5. The molecule has 0 heterocycles. The van der Waals surface area contributed by atoms with Gasteiger partial charge in [-0.2, -0.15) is 0 Å². The lowest BCUT2D eigenvalue weighted by Gasteiger charge is -2.70. The van der Waals surface area contributed by atoms with Crippen LogP contribution in [0.3, 0.4) is 0 Å². The molecule has 80 heavy (non-hydrogen) atoms. The van der Waals surface area contributed by atoms with E-state index >= 15 is 0 Å². The summed E-state index contributed by atoms with van der Waals surface area (Å²) < 4.78 is 9.42. The van der Waals surface area contributed by atoms with Crippen LogP contribution in [0.5, 0.6) is 0 Å². The molecular formula is C68H116O12. The number of hydrogen-bond donors (Lipinski definition) is 6. The number of carboxylic acids is 1. The van der Waals surface area contributed by atoms with E-state index in [0.717, 1.165) is 96.3 Å². The van der Waals surface area contributed by atoms with E-state index in [4.69, 9.17) is 15.9 Å². The summed E-state index contributed by atoms with van der Waals surface area (Å²) in [4.78, 5) is 47.7. The summed E-state index contributed by atoms with van der Waals surface area (Å²) in [6, 6.07) is 0. The molecule has 0 aliphatic heterocycles. The molecule has 0 aromatic heterocycles. The van der Waals surface area contributed by atoms with Gasteiger partial charge in [0.2, 0.25) is 0 Å². The topological polar surface area (TPSA) is 208 Å². The molecule has 0 amide bonds. The zero-order valence-electron chi connectivity index (χ0n) is 51.9. The monoisotopic (exact) mass is 1120 g/mol. The summed E-state index contributed by atoms with van der Waals surface area (Å²) in [5.74, 6) is 1.92. The highest BCUT2D eigenvalue weighted by Crippen LogP contribution is 2.75. The third kappa shape index (κ3) is 20.6. The van der Waals surface area contributed by atoms with Gasteiger partial charge in [0.1, 0.15) is 13.2 Å². The SMILES string of the molecule is C#CCCCCCCCCCCCC(O)CC(O)COC(C)=O.C=CCCCCCCCCCCCC(O)CC(O)COC(C)=O.CC1(C(=O)O)CCC2(C)CCC3(C)C(=CC(=O)C4C5(C)CCC(O)C(C)(C)C5CCC43C)C2C1. The van der Waals surface area contributed by atoms with E-state index in [2.05, 4.69) is 54.0 Å². The average molecular weight is 1130 g/mol. The Morgan fingerprint density at radius 2 is 1.12 bits per heavy atom. The van der Waals surface area contributed by atoms with Gasteiger partial charge in [-0.25, -0.2) is 0 Å². The van der Waals surface area contributed by atoms with Crippen molar-refractivity contribution in [1.29, 1.82) is 0 Å². The van der Waals surface area contributed by atoms with Crippen LogP contribution in [-0.2, 0) is 28.7 Å². The molecule has 6 N–H and O–H groups in total. The maximum Gasteiger partial charge on any atom is 0.309 e. The van der Waals surface area contributed by atoms with Gasteiger partial charge in [-0.05, 0) is 142 Å². The van der Waals surface area contributed by atoms with E-state index in [1.807, 2.05) is 19.1 Å². The zero-order valence-corrected chi connectivity index (χ0v) is 51.9. The highest BCUT2D eigenvalue weighted by atomic mass is 16.5. The normalized spacial score (nSPS) is 30.7. The molecule has 5 aliphatic rings. The molecule has 0 bridgehead atoms. The van der Waals surface area contributed by atoms with Gasteiger partial charge >= 0.3 is 17.9 Å². The second-order valence-corrected chi connectivity index (χ2v) is 27.6. The Labute approximate surface area is 485 Å². The van der Waals surface area contributed by atoms with Gasteiger partial charge in [-0.1, -0.05) is 156 Å². The smallest absolute Gasteiger partial charge is 0.309 e. The van der Waals surface area contributed by atoms with Crippen molar-refractivity contribution in [1.82, 2.24) is 0 Å². The van der Waals surface area contributed by atoms with Gasteiger partial charge in [0.15, 0.2) is 5.78 Å². The molecular weight excluding hydrogens is 1010 g/mol. The number of rotatable bonds is 32. The standard InChI is InChI=1S/C30H46O4.C19H36O4.C19H34O4/c1-25(2)21-8-11-30(7)23(28(21,5)10-9-22(25)32)20(31)16-18-19-17-27(4,24(33)34)13-12-26(19,3)14-15-29(18,30)6;2*1-3-4-5-6-7-8-9-10-11-12-13-14-18(21)15-19(22)16-23-17(2)20/h16,19,21-23,32H,8-15,17H2,1-7H3,(H,33,34);3,18-19,21-22H,1,4-16H2,2H3;1,18-19,21-22H,4-16H2,2H3. The molecule has 5 aliphatic carbocycles. The first-order valence-corrected chi connectivity index (χ1v) is 31.9. The fourth-order valence-electron chi connectivity index (χ4n) is 15.5. The summed E-state index contributed by atoms with van der Waals surface area (Å²) >= 11 is 0. The van der Waals surface area contributed by atoms with Crippen molar-refractivity contribution in [2.45, 2.75) is 305 Å². The van der Waals surface area contributed by atoms with E-state index in [0.29, 0.717) is 25.2 Å². The number of aliphatic hydroxyl groups is 5. The summed E-state index contributed by atoms with van der Waals surface area (Å²) in [6.45, 7) is 22.1. The Bertz CT molecular complexity index is 1970. The van der Waals surface area contributed by atoms with Crippen LogP contribution in [0.15, 0.2) is 24.3 Å². The third-order valence-electron chi connectivity index (χ3n) is 20.9. The second-order valence-electron chi connectivity index (χ2n) is 27.6. The van der Waals surface area contributed by atoms with E-state index in [1.165, 1.54) is 103 Å². The lowest BCUT2D eigenvalue weighted by atomic mass is 9.33. The number of terminal acetylenes is 1. The van der Waals surface area contributed by atoms with Crippen LogP contribution < -0.4 is 0 Å². The van der Waals surface area contributed by atoms with Crippen LogP contribution >= 0.6 is 0 Å². The number of allylic oxidation sites excluding steroid dienone is 3. The molecule has 5 rings (SSSR count). The maximum atomic E-state index is 14.2. The number of carbonyl (C=O) groups excluding carboxylic acids is 3. The van der Waals surface area contributed by atoms with Crippen LogP contribution in [0, 0.1) is 62.6 Å². The predicted molar refractivity (Wildman–Crippen MR) is 320 cm³/mol. The molecule has 4 saturated carbocycles. The van der Waals surface area contributed by atoms with Crippen LogP contribution in [0.4, 0.5) is 0 Å². The van der Waals surface area contributed by atoms with Crippen molar-refractivity contribution in [3.8, 4) is 12.3 Å². The highest BCUT2D eigenvalue weighted by molar-refractivity contribution is 5.95. The first-order valence-electron chi connectivity index (χ1n) is 31.9. The highest BCUT2D eigenvalue weighted by Gasteiger charge is 2.70. The minimum absolute atomic E-state index is 0.0286. The molecule has 0 aromatic carbocycles. The lowest BCUT2D eigenvalue weighted by Crippen LogP contribution is -2.66. The number of hydrogen-bond acceptors (Lipinski definition) is 11. The number of esters is 2. The third-order valence-corrected chi connectivity index (χ3v) is 20.9. The molecule has 4 fully saturated rings. The molecule has 12 nitrogen and oxygen atoms in total. The van der Waals surface area contributed by atoms with E-state index in [1.54, 1.807) is 0 Å². The van der Waals surface area contributed by atoms with Crippen molar-refractivity contribution < 1.29 is 59.3 Å². The van der Waals surface area contributed by atoms with Crippen LogP contribution in [0.25, 0.3) is 0 Å². The maximum absolute atomic E-state index is 14.2. The van der Waals surface area contributed by atoms with Crippen molar-refractivity contribution in [2.24, 2.45) is 50.2 Å². The molecule has 13 unspecified atom stereocenters. The number of ketones is 1. The minimum Gasteiger partial charge on any atom is -0.481 e. The number of carboxylic acid groups (broad SMARTS) is 1. The zero-order chi connectivity index (χ0) is 59.8. The number of aliphatic carboxylic acids is 1. The Morgan fingerprint density at radius 1 is 0.662 bits per heavy atom. The van der Waals surface area contributed by atoms with Crippen LogP contribution in [0.1, 0.15) is 274 Å². The molecule has 0 radical (unpaired) electrons. The van der Waals surface area contributed by atoms with Gasteiger partial charge in [-0.3, -0.25) is 19.2 Å². The van der Waals surface area contributed by atoms with E-state index in [9.17, 15) is 49.8 Å². The second kappa shape index (κ2) is 34.0. The Morgan fingerprint density at radius 3 is 1.59 bits per heavy atom. The number of ether oxygens (including phenoxy) is 2. The van der Waals surface area contributed by atoms with Crippen molar-refractivity contribution in [3.05, 3.63) is 24.3 Å². The van der Waals surface area contributed by atoms with Gasteiger partial charge in [-0.15, -0.1) is 18.9 Å². The summed E-state index contributed by atoms with van der Waals surface area (Å²) in [6.07, 6.45) is 40.5. The minimum atomic E-state index is -0.775. The fraction of sp³-hybridized carbons (Fsp3) is 0.853. The summed E-state index contributed by atoms with van der Waals surface area (Å²) in [5, 5.41) is 59.7. The molecule has 0 aromatic rings. The quantitative estimate of drug-likeness (QED) is 0.0161. The molecule has 460 valence electrons. The molecule has 0 spiro atoms. The summed E-state index contributed by atoms with van der Waals surface area (Å²) in [7, 11) is 0. The van der Waals surface area contributed by atoms with Crippen molar-refractivity contribution in [3.63, 3.8) is 0 Å². The molecule has 13 atom stereocenters. The number of fused-ring (bicyclic) bond motifs is 7. The molecule has 0 saturated heterocycles. The van der Waals surface area contributed by atoms with Crippen LogP contribution in [-0.4, -0.2) is 98.1 Å². The average Bonchev–Trinajstić information content (AvgIpc) is 3.50. The predicted octanol–water partition coefficient (Wildman–Crippen LogP) is 14.1. The van der Waals surface area contributed by atoms with Gasteiger partial charge in [0, 0.05) is 39.0 Å².